The molecule has 2 amide bonds. The average molecular weight is 764 g/mol. The van der Waals surface area contributed by atoms with Crippen molar-refractivity contribution < 1.29 is 57.9 Å². The first kappa shape index (κ1) is 47.7. The predicted octanol–water partition coefficient (Wildman–Crippen LogP) is -0.547. The Balaban J connectivity index is 0.00000484. The van der Waals surface area contributed by atoms with Crippen LogP contribution in [0.5, 0.6) is 0 Å². The number of non-ortho nitro benzene ring substituents is 1. The third-order valence-electron chi connectivity index (χ3n) is 6.34. The first-order chi connectivity index (χ1) is 24.9. The minimum atomic E-state index is -1.31. The van der Waals surface area contributed by atoms with E-state index in [-0.39, 0.29) is 95.9 Å². The molecule has 0 bridgehead atoms. The van der Waals surface area contributed by atoms with E-state index in [1.165, 1.54) is 19.2 Å². The van der Waals surface area contributed by atoms with Gasteiger partial charge in [0.05, 0.1) is 80.6 Å². The van der Waals surface area contributed by atoms with Crippen molar-refractivity contribution in [2.24, 2.45) is 5.73 Å². The second kappa shape index (κ2) is 30.3. The molecule has 0 heterocycles. The molecule has 1 rings (SSSR count). The van der Waals surface area contributed by atoms with Gasteiger partial charge in [-0.2, -0.15) is 0 Å². The SMILES string of the molecule is CN(CC=O)C(=O)C(CC=O)SCC(NC(=O)CCOCCOCCOCCOCCNc1ccc([N+](=O)[O-])cc1[N+](=O)[O-])C(=O)O.CNCCN. The number of carbonyl (C=O) groups is 5. The smallest absolute Gasteiger partial charge is 0.327 e. The van der Waals surface area contributed by atoms with E-state index in [0.717, 1.165) is 35.8 Å². The number of rotatable bonds is 30. The van der Waals surface area contributed by atoms with Crippen LogP contribution in [-0.2, 0) is 42.9 Å². The summed E-state index contributed by atoms with van der Waals surface area (Å²) in [7, 11) is 3.27. The zero-order valence-corrected chi connectivity index (χ0v) is 30.0. The molecule has 22 heteroatoms. The van der Waals surface area contributed by atoms with Gasteiger partial charge < -0.3 is 60.2 Å². The largest absolute Gasteiger partial charge is 0.480 e. The number of hydrogen-bond donors (Lipinski definition) is 5. The molecule has 2 atom stereocenters. The number of carboxylic acid groups (broad SMARTS) is 1. The highest BCUT2D eigenvalue weighted by Crippen LogP contribution is 2.28. The number of carbonyl (C=O) groups excluding carboxylic acids is 4. The molecule has 0 aliphatic rings. The number of thioether (sulfide) groups is 1. The molecule has 0 aliphatic heterocycles. The number of aliphatic carboxylic acids is 1. The second-order valence-corrected chi connectivity index (χ2v) is 11.5. The molecule has 2 unspecified atom stereocenters. The standard InChI is InChI=1S/C27H39N5O14S.C3H10N2/c1-30(7-9-34)26(36)24(4-8-33)47-19-22(27(37)38)29-25(35)5-10-43-12-14-45-16-17-46-15-13-44-11-6-28-21-3-2-20(31(39)40)18-23(21)32(41)42;1-5-3-2-4/h2-3,8-9,18,22,24,28H,4-7,10-17,19H2,1H3,(H,29,35)(H,37,38);5H,2-4H2,1H3. The minimum Gasteiger partial charge on any atom is -0.480 e. The van der Waals surface area contributed by atoms with Crippen LogP contribution in [0.3, 0.4) is 0 Å². The number of amides is 2. The van der Waals surface area contributed by atoms with Crippen molar-refractivity contribution in [1.82, 2.24) is 15.5 Å². The van der Waals surface area contributed by atoms with Crippen LogP contribution in [0.25, 0.3) is 0 Å². The lowest BCUT2D eigenvalue weighted by molar-refractivity contribution is -0.393. The summed E-state index contributed by atoms with van der Waals surface area (Å²) < 4.78 is 21.4. The lowest BCUT2D eigenvalue weighted by atomic mass is 10.2. The fraction of sp³-hybridized carbons (Fsp3) is 0.633. The van der Waals surface area contributed by atoms with E-state index in [0.29, 0.717) is 12.6 Å². The van der Waals surface area contributed by atoms with E-state index < -0.39 is 44.6 Å². The number of nitrogens with one attached hydrogen (secondary N) is 3. The molecular formula is C30H49N7O14S. The number of ether oxygens (including phenoxy) is 4. The average Bonchev–Trinajstić information content (AvgIpc) is 3.11. The highest BCUT2D eigenvalue weighted by atomic mass is 32.2. The molecule has 0 saturated heterocycles. The normalized spacial score (nSPS) is 11.7. The van der Waals surface area contributed by atoms with Crippen LogP contribution >= 0.6 is 11.8 Å². The summed E-state index contributed by atoms with van der Waals surface area (Å²) in [5, 5.41) is 38.5. The van der Waals surface area contributed by atoms with Gasteiger partial charge in [-0.25, -0.2) is 4.79 Å². The number of aldehydes is 2. The Morgan fingerprint density at radius 1 is 0.942 bits per heavy atom. The number of nitrogens with zero attached hydrogens (tertiary/aromatic N) is 3. The molecule has 52 heavy (non-hydrogen) atoms. The Kier molecular flexibility index (Phi) is 27.8. The first-order valence-corrected chi connectivity index (χ1v) is 17.1. The third kappa shape index (κ3) is 22.5. The number of likely N-dealkylation sites (N-methyl/N-ethyl adjacent to an activating group) is 2. The molecule has 0 saturated carbocycles. The quantitative estimate of drug-likeness (QED) is 0.0284. The lowest BCUT2D eigenvalue weighted by Crippen LogP contribution is -2.44. The molecule has 294 valence electrons. The summed E-state index contributed by atoms with van der Waals surface area (Å²) >= 11 is 0.901. The van der Waals surface area contributed by atoms with Crippen LogP contribution in [0, 0.1) is 20.2 Å². The monoisotopic (exact) mass is 763 g/mol. The molecule has 0 aromatic heterocycles. The number of benzene rings is 1. The summed E-state index contributed by atoms with van der Waals surface area (Å²) in [6.07, 6.45) is 0.769. The lowest BCUT2D eigenvalue weighted by Gasteiger charge is -2.22. The number of carboxylic acids is 1. The van der Waals surface area contributed by atoms with Gasteiger partial charge in [-0.05, 0) is 13.1 Å². The van der Waals surface area contributed by atoms with E-state index in [1.807, 2.05) is 7.05 Å². The maximum Gasteiger partial charge on any atom is 0.327 e. The number of nitro groups is 2. The highest BCUT2D eigenvalue weighted by molar-refractivity contribution is 8.00. The van der Waals surface area contributed by atoms with Crippen molar-refractivity contribution in [3.05, 3.63) is 38.4 Å². The van der Waals surface area contributed by atoms with Crippen LogP contribution in [0.2, 0.25) is 0 Å². The Hall–Kier alpha value is -4.32. The van der Waals surface area contributed by atoms with Gasteiger partial charge in [-0.3, -0.25) is 29.8 Å². The van der Waals surface area contributed by atoms with Crippen molar-refractivity contribution in [1.29, 1.82) is 0 Å². The van der Waals surface area contributed by atoms with Gasteiger partial charge in [0.1, 0.15) is 24.3 Å². The van der Waals surface area contributed by atoms with E-state index >= 15 is 0 Å². The Morgan fingerprint density at radius 3 is 2.02 bits per heavy atom. The van der Waals surface area contributed by atoms with Gasteiger partial charge >= 0.3 is 5.97 Å². The summed E-state index contributed by atoms with van der Waals surface area (Å²) in [5.74, 6) is -2.55. The molecule has 0 radical (unpaired) electrons. The Labute approximate surface area is 304 Å². The van der Waals surface area contributed by atoms with Crippen LogP contribution in [0.4, 0.5) is 17.1 Å². The van der Waals surface area contributed by atoms with Gasteiger partial charge in [0.2, 0.25) is 11.8 Å². The number of nitrogens with two attached hydrogens (primary N) is 1. The van der Waals surface area contributed by atoms with Crippen molar-refractivity contribution in [2.45, 2.75) is 24.1 Å². The van der Waals surface area contributed by atoms with Crippen molar-refractivity contribution in [2.75, 3.05) is 104 Å². The summed E-state index contributed by atoms with van der Waals surface area (Å²) in [6, 6.07) is 2.01. The van der Waals surface area contributed by atoms with Gasteiger partial charge in [-0.15, -0.1) is 11.8 Å². The summed E-state index contributed by atoms with van der Waals surface area (Å²) in [6.45, 7) is 3.41. The van der Waals surface area contributed by atoms with E-state index in [9.17, 15) is 49.3 Å². The molecule has 0 aliphatic carbocycles. The van der Waals surface area contributed by atoms with Crippen molar-refractivity contribution in [3.63, 3.8) is 0 Å². The van der Waals surface area contributed by atoms with Crippen molar-refractivity contribution in [3.8, 4) is 0 Å². The number of hydrogen-bond acceptors (Lipinski definition) is 17. The van der Waals surface area contributed by atoms with Gasteiger partial charge in [0.25, 0.3) is 11.4 Å². The molecule has 1 aromatic rings. The van der Waals surface area contributed by atoms with Crippen LogP contribution < -0.4 is 21.7 Å². The number of anilines is 1. The number of nitro benzene ring substituents is 2. The fourth-order valence-corrected chi connectivity index (χ4v) is 4.88. The molecule has 21 nitrogen and oxygen atoms in total. The van der Waals surface area contributed by atoms with E-state index in [4.69, 9.17) is 24.7 Å². The molecule has 6 N–H and O–H groups in total. The maximum absolute atomic E-state index is 12.4. The predicted molar refractivity (Wildman–Crippen MR) is 189 cm³/mol. The topological polar surface area (TPSA) is 294 Å². The minimum absolute atomic E-state index is 0.0116. The third-order valence-corrected chi connectivity index (χ3v) is 7.66. The highest BCUT2D eigenvalue weighted by Gasteiger charge is 2.27. The molecule has 0 fully saturated rings. The summed E-state index contributed by atoms with van der Waals surface area (Å²) in [4.78, 5) is 79.3. The van der Waals surface area contributed by atoms with Crippen molar-refractivity contribution >= 4 is 59.2 Å². The van der Waals surface area contributed by atoms with Crippen LogP contribution in [-0.4, -0.2) is 160 Å². The van der Waals surface area contributed by atoms with Crippen LogP contribution in [0.15, 0.2) is 18.2 Å². The zero-order chi connectivity index (χ0) is 39.1. The zero-order valence-electron chi connectivity index (χ0n) is 29.2. The van der Waals surface area contributed by atoms with E-state index in [1.54, 1.807) is 0 Å². The Morgan fingerprint density at radius 2 is 1.54 bits per heavy atom. The molecule has 0 spiro atoms. The maximum atomic E-state index is 12.4. The van der Waals surface area contributed by atoms with Crippen LogP contribution in [0.1, 0.15) is 12.8 Å². The molecule has 1 aromatic carbocycles. The molecular weight excluding hydrogens is 714 g/mol. The van der Waals surface area contributed by atoms with Gasteiger partial charge in [-0.1, -0.05) is 0 Å². The second-order valence-electron chi connectivity index (χ2n) is 10.3. The fourth-order valence-electron chi connectivity index (χ4n) is 3.69. The van der Waals surface area contributed by atoms with Gasteiger partial charge in [0, 0.05) is 51.3 Å². The summed E-state index contributed by atoms with van der Waals surface area (Å²) in [5.41, 5.74) is 4.43. The first-order valence-electron chi connectivity index (χ1n) is 16.0. The van der Waals surface area contributed by atoms with Gasteiger partial charge in [0.15, 0.2) is 0 Å². The Bertz CT molecular complexity index is 1240. The van der Waals surface area contributed by atoms with E-state index in [2.05, 4.69) is 16.0 Å².